The van der Waals surface area contributed by atoms with Gasteiger partial charge in [0.05, 0.1) is 5.02 Å². The van der Waals surface area contributed by atoms with Gasteiger partial charge in [-0.25, -0.2) is 4.79 Å². The first kappa shape index (κ1) is 21.5. The molecule has 0 unspecified atom stereocenters. The van der Waals surface area contributed by atoms with Crippen molar-refractivity contribution < 1.29 is 14.6 Å². The highest BCUT2D eigenvalue weighted by Gasteiger charge is 2.07. The summed E-state index contributed by atoms with van der Waals surface area (Å²) in [5.41, 5.74) is 3.47. The highest BCUT2D eigenvalue weighted by atomic mass is 79.9. The third kappa shape index (κ3) is 6.39. The number of carbonyl (C=O) groups is 1. The van der Waals surface area contributed by atoms with E-state index in [0.717, 1.165) is 31.8 Å². The number of rotatable bonds is 8. The van der Waals surface area contributed by atoms with Gasteiger partial charge in [-0.3, -0.25) is 0 Å². The molecule has 0 aromatic heterocycles. The molecular formula is C23H18BrClO3S. The van der Waals surface area contributed by atoms with Crippen molar-refractivity contribution in [1.82, 2.24) is 0 Å². The number of benzene rings is 3. The summed E-state index contributed by atoms with van der Waals surface area (Å²) in [5, 5.41) is 9.11. The molecule has 0 saturated carbocycles. The van der Waals surface area contributed by atoms with Crippen LogP contribution in [-0.4, -0.2) is 23.4 Å². The Morgan fingerprint density at radius 1 is 1.03 bits per heavy atom. The minimum Gasteiger partial charge on any atom is -0.480 e. The average molecular weight is 490 g/mol. The predicted octanol–water partition coefficient (Wildman–Crippen LogP) is 6.79. The fourth-order valence-corrected chi connectivity index (χ4v) is 4.07. The van der Waals surface area contributed by atoms with Crippen molar-refractivity contribution in [2.45, 2.75) is 4.90 Å². The molecule has 0 saturated heterocycles. The third-order valence-corrected chi connectivity index (χ3v) is 5.78. The van der Waals surface area contributed by atoms with Gasteiger partial charge in [0.2, 0.25) is 0 Å². The van der Waals surface area contributed by atoms with Crippen LogP contribution in [0.25, 0.3) is 5.57 Å². The molecule has 0 aliphatic rings. The standard InChI is InChI=1S/C23H18BrClO3S/c24-18-8-6-17(7-9-18)20(16-4-2-1-3-5-16)12-13-29-19-10-11-22(21(25)14-19)28-15-23(26)27/h1-12,14H,13,15H2,(H,26,27). The van der Waals surface area contributed by atoms with Gasteiger partial charge in [0, 0.05) is 15.1 Å². The molecule has 6 heteroatoms. The second-order valence-corrected chi connectivity index (χ2v) is 8.49. The molecule has 0 spiro atoms. The Hall–Kier alpha value is -2.21. The lowest BCUT2D eigenvalue weighted by molar-refractivity contribution is -0.139. The third-order valence-electron chi connectivity index (χ3n) is 4.03. The van der Waals surface area contributed by atoms with Gasteiger partial charge in [0.1, 0.15) is 5.75 Å². The monoisotopic (exact) mass is 488 g/mol. The number of halogens is 2. The first-order valence-corrected chi connectivity index (χ1v) is 11.0. The minimum absolute atomic E-state index is 0.369. The zero-order valence-corrected chi connectivity index (χ0v) is 18.5. The number of thioether (sulfide) groups is 1. The maximum atomic E-state index is 10.6. The SMILES string of the molecule is O=C(O)COc1ccc(SCC=C(c2ccccc2)c2ccc(Br)cc2)cc1Cl. The Balaban J connectivity index is 1.75. The molecule has 0 bridgehead atoms. The number of aliphatic carboxylic acids is 1. The Bertz CT molecular complexity index is 1000. The Morgan fingerprint density at radius 3 is 2.38 bits per heavy atom. The van der Waals surface area contributed by atoms with Gasteiger partial charge in [-0.05, 0) is 47.0 Å². The molecule has 3 aromatic carbocycles. The van der Waals surface area contributed by atoms with Crippen molar-refractivity contribution in [2.24, 2.45) is 0 Å². The molecule has 29 heavy (non-hydrogen) atoms. The second kappa shape index (κ2) is 10.5. The Morgan fingerprint density at radius 2 is 1.72 bits per heavy atom. The van der Waals surface area contributed by atoms with Crippen molar-refractivity contribution >= 4 is 50.8 Å². The number of carboxylic acid groups (broad SMARTS) is 1. The van der Waals surface area contributed by atoms with Crippen molar-refractivity contribution in [2.75, 3.05) is 12.4 Å². The summed E-state index contributed by atoms with van der Waals surface area (Å²) < 4.78 is 6.21. The smallest absolute Gasteiger partial charge is 0.341 e. The van der Waals surface area contributed by atoms with Gasteiger partial charge in [-0.1, -0.05) is 76.1 Å². The van der Waals surface area contributed by atoms with E-state index in [2.05, 4.69) is 46.3 Å². The lowest BCUT2D eigenvalue weighted by atomic mass is 9.98. The van der Waals surface area contributed by atoms with Crippen molar-refractivity contribution in [1.29, 1.82) is 0 Å². The van der Waals surface area contributed by atoms with Gasteiger partial charge >= 0.3 is 5.97 Å². The second-order valence-electron chi connectivity index (χ2n) is 6.08. The zero-order chi connectivity index (χ0) is 20.6. The van der Waals surface area contributed by atoms with Gasteiger partial charge in [0.15, 0.2) is 6.61 Å². The first-order valence-electron chi connectivity index (χ1n) is 8.81. The van der Waals surface area contributed by atoms with E-state index >= 15 is 0 Å². The molecule has 0 amide bonds. The van der Waals surface area contributed by atoms with Gasteiger partial charge in [-0.2, -0.15) is 0 Å². The van der Waals surface area contributed by atoms with Crippen molar-refractivity contribution in [3.8, 4) is 5.75 Å². The summed E-state index contributed by atoms with van der Waals surface area (Å²) in [5.74, 6) is 0.0891. The summed E-state index contributed by atoms with van der Waals surface area (Å²) in [6, 6.07) is 23.9. The lowest BCUT2D eigenvalue weighted by Gasteiger charge is -2.10. The van der Waals surface area contributed by atoms with Crippen LogP contribution >= 0.6 is 39.3 Å². The van der Waals surface area contributed by atoms with Crippen LogP contribution in [0, 0.1) is 0 Å². The van der Waals surface area contributed by atoms with Gasteiger partial charge in [-0.15, -0.1) is 11.8 Å². The van der Waals surface area contributed by atoms with E-state index in [1.165, 1.54) is 0 Å². The van der Waals surface area contributed by atoms with E-state index in [-0.39, 0.29) is 0 Å². The highest BCUT2D eigenvalue weighted by Crippen LogP contribution is 2.31. The van der Waals surface area contributed by atoms with Gasteiger partial charge < -0.3 is 9.84 Å². The van der Waals surface area contributed by atoms with E-state index in [1.807, 2.05) is 36.4 Å². The van der Waals surface area contributed by atoms with E-state index in [9.17, 15) is 4.79 Å². The van der Waals surface area contributed by atoms with Crippen LogP contribution in [0.15, 0.2) is 88.2 Å². The average Bonchev–Trinajstić information content (AvgIpc) is 2.72. The van der Waals surface area contributed by atoms with Crippen molar-refractivity contribution in [3.63, 3.8) is 0 Å². The van der Waals surface area contributed by atoms with Crippen LogP contribution in [-0.2, 0) is 4.79 Å². The number of carboxylic acids is 1. The molecule has 0 radical (unpaired) electrons. The maximum Gasteiger partial charge on any atom is 0.341 e. The summed E-state index contributed by atoms with van der Waals surface area (Å²) in [6.45, 7) is -0.414. The topological polar surface area (TPSA) is 46.5 Å². The molecule has 3 rings (SSSR count). The lowest BCUT2D eigenvalue weighted by Crippen LogP contribution is -2.09. The van der Waals surface area contributed by atoms with Crippen LogP contribution in [0.5, 0.6) is 5.75 Å². The molecule has 3 aromatic rings. The van der Waals surface area contributed by atoms with Crippen molar-refractivity contribution in [3.05, 3.63) is 99.5 Å². The fourth-order valence-electron chi connectivity index (χ4n) is 2.70. The van der Waals surface area contributed by atoms with E-state index in [1.54, 1.807) is 23.9 Å². The van der Waals surface area contributed by atoms with Crippen LogP contribution in [0.3, 0.4) is 0 Å². The van der Waals surface area contributed by atoms with Crippen LogP contribution in [0.2, 0.25) is 5.02 Å². The number of hydrogen-bond donors (Lipinski definition) is 1. The number of ether oxygens (including phenoxy) is 1. The zero-order valence-electron chi connectivity index (χ0n) is 15.3. The largest absolute Gasteiger partial charge is 0.480 e. The first-order chi connectivity index (χ1) is 14.0. The summed E-state index contributed by atoms with van der Waals surface area (Å²) in [6.07, 6.45) is 2.20. The van der Waals surface area contributed by atoms with Crippen LogP contribution in [0.4, 0.5) is 0 Å². The van der Waals surface area contributed by atoms with Gasteiger partial charge in [0.25, 0.3) is 0 Å². The molecule has 1 N–H and O–H groups in total. The summed E-state index contributed by atoms with van der Waals surface area (Å²) in [7, 11) is 0. The minimum atomic E-state index is -1.04. The molecule has 0 aliphatic carbocycles. The molecule has 0 fully saturated rings. The quantitative estimate of drug-likeness (QED) is 0.354. The van der Waals surface area contributed by atoms with E-state index in [4.69, 9.17) is 21.4 Å². The Labute approximate surface area is 187 Å². The summed E-state index contributed by atoms with van der Waals surface area (Å²) in [4.78, 5) is 11.6. The molecule has 0 aliphatic heterocycles. The van der Waals surface area contributed by atoms with Crippen LogP contribution < -0.4 is 4.74 Å². The Kier molecular flexibility index (Phi) is 7.81. The predicted molar refractivity (Wildman–Crippen MR) is 123 cm³/mol. The molecule has 0 atom stereocenters. The summed E-state index contributed by atoms with van der Waals surface area (Å²) >= 11 is 11.3. The molecular weight excluding hydrogens is 472 g/mol. The highest BCUT2D eigenvalue weighted by molar-refractivity contribution is 9.10. The van der Waals surface area contributed by atoms with E-state index < -0.39 is 12.6 Å². The molecule has 148 valence electrons. The van der Waals surface area contributed by atoms with E-state index in [0.29, 0.717) is 10.8 Å². The normalized spacial score (nSPS) is 11.3. The molecule has 0 heterocycles. The number of hydrogen-bond acceptors (Lipinski definition) is 3. The maximum absolute atomic E-state index is 10.6. The fraction of sp³-hybridized carbons (Fsp3) is 0.0870. The molecule has 3 nitrogen and oxygen atoms in total. The van der Waals surface area contributed by atoms with Crippen LogP contribution in [0.1, 0.15) is 11.1 Å².